The molecule has 3 rings (SSSR count). The number of aromatic nitrogens is 1. The molecule has 1 aromatic rings. The lowest BCUT2D eigenvalue weighted by Gasteiger charge is -2.36. The van der Waals surface area contributed by atoms with E-state index in [0.29, 0.717) is 16.9 Å². The summed E-state index contributed by atoms with van der Waals surface area (Å²) in [5, 5.41) is 7.68. The largest absolute Gasteiger partial charge is 0.364 e. The van der Waals surface area contributed by atoms with Gasteiger partial charge in [0.05, 0.1) is 5.69 Å². The van der Waals surface area contributed by atoms with Crippen LogP contribution in [0.3, 0.4) is 0 Å². The number of piperazine rings is 1. The summed E-state index contributed by atoms with van der Waals surface area (Å²) in [6.07, 6.45) is 1.64. The molecule has 2 fully saturated rings. The van der Waals surface area contributed by atoms with Crippen LogP contribution in [0.15, 0.2) is 21.8 Å². The van der Waals surface area contributed by atoms with E-state index in [9.17, 15) is 0 Å². The van der Waals surface area contributed by atoms with Crippen molar-refractivity contribution >= 4 is 29.9 Å². The quantitative estimate of drug-likeness (QED) is 0.438. The fourth-order valence-corrected chi connectivity index (χ4v) is 3.65. The van der Waals surface area contributed by atoms with Crippen molar-refractivity contribution in [2.45, 2.75) is 40.3 Å². The maximum atomic E-state index is 4.91. The van der Waals surface area contributed by atoms with E-state index in [4.69, 9.17) is 4.52 Å². The normalized spacial score (nSPS) is 23.7. The van der Waals surface area contributed by atoms with E-state index in [1.807, 2.05) is 13.1 Å². The maximum absolute atomic E-state index is 4.91. The minimum atomic E-state index is 0. The van der Waals surface area contributed by atoms with E-state index < -0.39 is 0 Å². The predicted octanol–water partition coefficient (Wildman–Crippen LogP) is 2.42. The van der Waals surface area contributed by atoms with E-state index in [2.05, 4.69) is 53.0 Å². The molecule has 0 radical (unpaired) electrons. The van der Waals surface area contributed by atoms with Crippen molar-refractivity contribution in [3.63, 3.8) is 0 Å². The van der Waals surface area contributed by atoms with Gasteiger partial charge in [-0.15, -0.1) is 24.0 Å². The van der Waals surface area contributed by atoms with Gasteiger partial charge in [0.15, 0.2) is 5.96 Å². The molecule has 136 valence electrons. The molecule has 1 saturated carbocycles. The van der Waals surface area contributed by atoms with Gasteiger partial charge in [0.1, 0.15) is 6.26 Å². The number of nitrogens with one attached hydrogen (secondary N) is 1. The van der Waals surface area contributed by atoms with Crippen LogP contribution in [-0.4, -0.2) is 60.2 Å². The van der Waals surface area contributed by atoms with Crippen LogP contribution in [0.5, 0.6) is 0 Å². The highest BCUT2D eigenvalue weighted by Gasteiger charge is 2.65. The fourth-order valence-electron chi connectivity index (χ4n) is 3.65. The number of halogens is 1. The highest BCUT2D eigenvalue weighted by molar-refractivity contribution is 14.0. The molecule has 1 aromatic heterocycles. The zero-order valence-corrected chi connectivity index (χ0v) is 17.7. The first kappa shape index (κ1) is 19.5. The number of nitrogens with zero attached hydrogens (tertiary/aromatic N) is 4. The van der Waals surface area contributed by atoms with Gasteiger partial charge in [-0.25, -0.2) is 0 Å². The summed E-state index contributed by atoms with van der Waals surface area (Å²) in [5.74, 6) is 1.04. The molecule has 1 saturated heterocycles. The van der Waals surface area contributed by atoms with Crippen molar-refractivity contribution in [1.29, 1.82) is 0 Å². The number of aliphatic imine (C=N–C) groups is 1. The highest BCUT2D eigenvalue weighted by Crippen LogP contribution is 2.62. The van der Waals surface area contributed by atoms with Crippen molar-refractivity contribution in [3.8, 4) is 0 Å². The molecule has 6 nitrogen and oxygen atoms in total. The summed E-state index contributed by atoms with van der Waals surface area (Å²) in [6, 6.07) is 2.42. The summed E-state index contributed by atoms with van der Waals surface area (Å²) in [5.41, 5.74) is 1.64. The zero-order chi connectivity index (χ0) is 16.7. The molecular weight excluding hydrogens is 417 g/mol. The third-order valence-electron chi connectivity index (χ3n) is 6.05. The lowest BCUT2D eigenvalue weighted by Crippen LogP contribution is -2.53. The summed E-state index contributed by atoms with van der Waals surface area (Å²) >= 11 is 0. The Bertz CT molecular complexity index is 548. The maximum Gasteiger partial charge on any atom is 0.193 e. The van der Waals surface area contributed by atoms with Gasteiger partial charge in [-0.2, -0.15) is 0 Å². The third-order valence-corrected chi connectivity index (χ3v) is 6.05. The molecule has 2 aliphatic rings. The Morgan fingerprint density at radius 2 is 1.88 bits per heavy atom. The van der Waals surface area contributed by atoms with Gasteiger partial charge in [0, 0.05) is 51.9 Å². The molecule has 0 atom stereocenters. The van der Waals surface area contributed by atoms with Gasteiger partial charge in [0.2, 0.25) is 0 Å². The molecular formula is C17H30IN5O. The smallest absolute Gasteiger partial charge is 0.193 e. The fraction of sp³-hybridized carbons (Fsp3) is 0.765. The van der Waals surface area contributed by atoms with Gasteiger partial charge in [-0.3, -0.25) is 9.89 Å². The molecule has 1 aliphatic heterocycles. The second kappa shape index (κ2) is 7.19. The van der Waals surface area contributed by atoms with Gasteiger partial charge < -0.3 is 14.7 Å². The van der Waals surface area contributed by atoms with Crippen LogP contribution in [0.25, 0.3) is 0 Å². The third kappa shape index (κ3) is 3.56. The Balaban J connectivity index is 0.00000208. The van der Waals surface area contributed by atoms with Crippen LogP contribution in [0, 0.1) is 10.8 Å². The Labute approximate surface area is 162 Å². The van der Waals surface area contributed by atoms with Gasteiger partial charge in [0.25, 0.3) is 0 Å². The van der Waals surface area contributed by atoms with Crippen LogP contribution in [-0.2, 0) is 6.54 Å². The number of guanidine groups is 1. The monoisotopic (exact) mass is 447 g/mol. The molecule has 0 amide bonds. The number of rotatable bonds is 3. The first-order valence-corrected chi connectivity index (χ1v) is 8.46. The summed E-state index contributed by atoms with van der Waals surface area (Å²) in [6.45, 7) is 14.2. The van der Waals surface area contributed by atoms with Crippen molar-refractivity contribution < 1.29 is 4.52 Å². The van der Waals surface area contributed by atoms with Crippen LogP contribution in [0.1, 0.15) is 33.4 Å². The van der Waals surface area contributed by atoms with Crippen molar-refractivity contribution in [3.05, 3.63) is 18.0 Å². The molecule has 0 spiro atoms. The summed E-state index contributed by atoms with van der Waals surface area (Å²) < 4.78 is 4.91. The molecule has 1 aliphatic carbocycles. The standard InChI is InChI=1S/C17H29N5O.HI/c1-16(2)14(17(16,3)4)19-15(18-5)22-9-7-21(8-10-22)12-13-6-11-23-20-13;/h6,11,14H,7-10,12H2,1-5H3,(H,18,19);1H. The van der Waals surface area contributed by atoms with Crippen LogP contribution in [0.4, 0.5) is 0 Å². The Kier molecular flexibility index (Phi) is 5.84. The number of hydrogen-bond donors (Lipinski definition) is 1. The van der Waals surface area contributed by atoms with Crippen molar-refractivity contribution in [2.24, 2.45) is 15.8 Å². The number of hydrogen-bond acceptors (Lipinski definition) is 4. The van der Waals surface area contributed by atoms with Crippen molar-refractivity contribution in [2.75, 3.05) is 33.2 Å². The van der Waals surface area contributed by atoms with E-state index in [1.165, 1.54) is 0 Å². The lowest BCUT2D eigenvalue weighted by atomic mass is 10.0. The SMILES string of the molecule is CN=C(NC1C(C)(C)C1(C)C)N1CCN(Cc2ccon2)CC1.I. The highest BCUT2D eigenvalue weighted by atomic mass is 127. The van der Waals surface area contributed by atoms with Gasteiger partial charge in [-0.05, 0) is 10.8 Å². The molecule has 0 bridgehead atoms. The molecule has 24 heavy (non-hydrogen) atoms. The van der Waals surface area contributed by atoms with Crippen LogP contribution in [0.2, 0.25) is 0 Å². The minimum Gasteiger partial charge on any atom is -0.364 e. The zero-order valence-electron chi connectivity index (χ0n) is 15.4. The Morgan fingerprint density at radius 1 is 1.25 bits per heavy atom. The van der Waals surface area contributed by atoms with Crippen LogP contribution < -0.4 is 5.32 Å². The second-order valence-electron chi connectivity index (χ2n) is 7.82. The molecule has 1 N–H and O–H groups in total. The van der Waals surface area contributed by atoms with E-state index in [1.54, 1.807) is 6.26 Å². The molecule has 2 heterocycles. The first-order chi connectivity index (χ1) is 10.9. The Hall–Kier alpha value is -0.830. The van der Waals surface area contributed by atoms with Crippen LogP contribution >= 0.6 is 24.0 Å². The average Bonchev–Trinajstić information content (AvgIpc) is 2.91. The van der Waals surface area contributed by atoms with E-state index >= 15 is 0 Å². The average molecular weight is 447 g/mol. The van der Waals surface area contributed by atoms with E-state index in [-0.39, 0.29) is 24.0 Å². The summed E-state index contributed by atoms with van der Waals surface area (Å²) in [4.78, 5) is 9.28. The Morgan fingerprint density at radius 3 is 2.33 bits per heavy atom. The van der Waals surface area contributed by atoms with Crippen molar-refractivity contribution in [1.82, 2.24) is 20.3 Å². The second-order valence-corrected chi connectivity index (χ2v) is 7.82. The summed E-state index contributed by atoms with van der Waals surface area (Å²) in [7, 11) is 1.88. The molecule has 7 heteroatoms. The molecule has 0 aromatic carbocycles. The minimum absolute atomic E-state index is 0. The van der Waals surface area contributed by atoms with Gasteiger partial charge >= 0.3 is 0 Å². The first-order valence-electron chi connectivity index (χ1n) is 8.46. The molecule has 0 unspecified atom stereocenters. The topological polar surface area (TPSA) is 56.9 Å². The lowest BCUT2D eigenvalue weighted by molar-refractivity contribution is 0.168. The van der Waals surface area contributed by atoms with E-state index in [0.717, 1.165) is 44.4 Å². The predicted molar refractivity (Wildman–Crippen MR) is 107 cm³/mol. The van der Waals surface area contributed by atoms with Gasteiger partial charge in [-0.1, -0.05) is 32.9 Å².